The van der Waals surface area contributed by atoms with E-state index in [0.717, 1.165) is 27.0 Å². The summed E-state index contributed by atoms with van der Waals surface area (Å²) in [5, 5.41) is 5.95. The van der Waals surface area contributed by atoms with Crippen molar-refractivity contribution in [3.63, 3.8) is 0 Å². The number of benzene rings is 1. The number of aromatic amines is 1. The van der Waals surface area contributed by atoms with Crippen LogP contribution in [0.3, 0.4) is 0 Å². The van der Waals surface area contributed by atoms with E-state index >= 15 is 0 Å². The molecule has 3 aromatic heterocycles. The second-order valence-corrected chi connectivity index (χ2v) is 6.40. The molecule has 0 unspecified atom stereocenters. The average Bonchev–Trinajstić information content (AvgIpc) is 3.29. The highest BCUT2D eigenvalue weighted by Gasteiger charge is 2.11. The molecule has 2 N–H and O–H groups in total. The largest absolute Gasteiger partial charge is 0.360 e. The fourth-order valence-electron chi connectivity index (χ4n) is 2.68. The van der Waals surface area contributed by atoms with Crippen LogP contribution < -0.4 is 5.32 Å². The Hall–Kier alpha value is -2.92. The Labute approximate surface area is 143 Å². The number of pyridine rings is 1. The summed E-state index contributed by atoms with van der Waals surface area (Å²) in [5.74, 6) is -0.0815. The number of carbonyl (C=O) groups excluding carboxylic acids is 1. The van der Waals surface area contributed by atoms with Gasteiger partial charge in [-0.2, -0.15) is 0 Å². The van der Waals surface area contributed by atoms with Crippen LogP contribution >= 0.6 is 11.3 Å². The lowest BCUT2D eigenvalue weighted by Crippen LogP contribution is -2.22. The molecule has 0 aliphatic carbocycles. The lowest BCUT2D eigenvalue weighted by molar-refractivity contribution is 0.0952. The van der Waals surface area contributed by atoms with Crippen LogP contribution in [-0.2, 0) is 6.54 Å². The van der Waals surface area contributed by atoms with Crippen LogP contribution in [-0.4, -0.2) is 15.9 Å². The Bertz CT molecular complexity index is 989. The Balaban J connectivity index is 1.51. The second-order valence-electron chi connectivity index (χ2n) is 5.46. The molecule has 4 nitrogen and oxygen atoms in total. The van der Waals surface area contributed by atoms with E-state index in [-0.39, 0.29) is 5.91 Å². The van der Waals surface area contributed by atoms with Gasteiger partial charge in [-0.3, -0.25) is 9.78 Å². The first-order chi connectivity index (χ1) is 11.8. The predicted molar refractivity (Wildman–Crippen MR) is 97.0 cm³/mol. The van der Waals surface area contributed by atoms with Gasteiger partial charge < -0.3 is 10.3 Å². The maximum Gasteiger partial charge on any atom is 0.253 e. The van der Waals surface area contributed by atoms with E-state index in [4.69, 9.17) is 0 Å². The number of carbonyl (C=O) groups is 1. The first-order valence-corrected chi connectivity index (χ1v) is 8.52. The maximum absolute atomic E-state index is 12.5. The van der Waals surface area contributed by atoms with Crippen molar-refractivity contribution in [3.05, 3.63) is 77.4 Å². The van der Waals surface area contributed by atoms with E-state index in [1.807, 2.05) is 53.9 Å². The quantitative estimate of drug-likeness (QED) is 0.587. The molecule has 0 bridgehead atoms. The van der Waals surface area contributed by atoms with Crippen LogP contribution in [0, 0.1) is 0 Å². The molecule has 3 heterocycles. The van der Waals surface area contributed by atoms with Gasteiger partial charge in [0.15, 0.2) is 0 Å². The molecule has 0 aliphatic rings. The Morgan fingerprint density at radius 3 is 2.96 bits per heavy atom. The summed E-state index contributed by atoms with van der Waals surface area (Å²) in [7, 11) is 0. The molecule has 0 atom stereocenters. The summed E-state index contributed by atoms with van der Waals surface area (Å²) in [6.07, 6.45) is 3.53. The molecular formula is C19H15N3OS. The average molecular weight is 333 g/mol. The van der Waals surface area contributed by atoms with Crippen molar-refractivity contribution in [2.24, 2.45) is 0 Å². The van der Waals surface area contributed by atoms with E-state index in [9.17, 15) is 4.79 Å². The summed E-state index contributed by atoms with van der Waals surface area (Å²) in [6.45, 7) is 0.471. The van der Waals surface area contributed by atoms with Crippen molar-refractivity contribution >= 4 is 28.1 Å². The summed E-state index contributed by atoms with van der Waals surface area (Å²) < 4.78 is 0. The number of hydrogen-bond donors (Lipinski definition) is 2. The fourth-order valence-corrected chi connectivity index (χ4v) is 3.37. The lowest BCUT2D eigenvalue weighted by atomic mass is 10.1. The molecular weight excluding hydrogens is 318 g/mol. The van der Waals surface area contributed by atoms with Crippen LogP contribution in [0.25, 0.3) is 21.5 Å². The molecule has 0 saturated heterocycles. The number of nitrogens with one attached hydrogen (secondary N) is 2. The zero-order valence-corrected chi connectivity index (χ0v) is 13.6. The minimum absolute atomic E-state index is 0.0815. The van der Waals surface area contributed by atoms with E-state index in [0.29, 0.717) is 12.1 Å². The molecule has 4 aromatic rings. The number of rotatable bonds is 4. The Kier molecular flexibility index (Phi) is 3.84. The van der Waals surface area contributed by atoms with Crippen molar-refractivity contribution in [3.8, 4) is 10.6 Å². The van der Waals surface area contributed by atoms with Gasteiger partial charge in [0.2, 0.25) is 0 Å². The van der Waals surface area contributed by atoms with Gasteiger partial charge in [-0.05, 0) is 35.2 Å². The molecule has 118 valence electrons. The van der Waals surface area contributed by atoms with Crippen LogP contribution in [0.1, 0.15) is 15.9 Å². The number of H-pyrrole nitrogens is 1. The van der Waals surface area contributed by atoms with Crippen molar-refractivity contribution in [2.75, 3.05) is 0 Å². The van der Waals surface area contributed by atoms with E-state index in [1.54, 1.807) is 23.7 Å². The molecule has 0 saturated carbocycles. The minimum Gasteiger partial charge on any atom is -0.360 e. The van der Waals surface area contributed by atoms with E-state index in [2.05, 4.69) is 15.3 Å². The zero-order valence-electron chi connectivity index (χ0n) is 12.8. The van der Waals surface area contributed by atoms with Crippen LogP contribution in [0.5, 0.6) is 0 Å². The molecule has 5 heteroatoms. The third-order valence-electron chi connectivity index (χ3n) is 3.88. The van der Waals surface area contributed by atoms with Crippen molar-refractivity contribution in [2.45, 2.75) is 6.54 Å². The molecule has 4 rings (SSSR count). The van der Waals surface area contributed by atoms with Gasteiger partial charge in [0.05, 0.1) is 16.1 Å². The van der Waals surface area contributed by atoms with Crippen LogP contribution in [0.2, 0.25) is 0 Å². The van der Waals surface area contributed by atoms with Crippen molar-refractivity contribution in [1.82, 2.24) is 15.3 Å². The first kappa shape index (κ1) is 14.7. The first-order valence-electron chi connectivity index (χ1n) is 7.64. The van der Waals surface area contributed by atoms with E-state index < -0.39 is 0 Å². The van der Waals surface area contributed by atoms with Gasteiger partial charge in [-0.1, -0.05) is 24.3 Å². The number of para-hydroxylation sites is 1. The third-order valence-corrected chi connectivity index (χ3v) is 4.78. The number of aromatic nitrogens is 2. The smallest absolute Gasteiger partial charge is 0.253 e. The highest BCUT2D eigenvalue weighted by atomic mass is 32.1. The van der Waals surface area contributed by atoms with Gasteiger partial charge >= 0.3 is 0 Å². The van der Waals surface area contributed by atoms with Gasteiger partial charge in [0, 0.05) is 29.8 Å². The molecule has 1 amide bonds. The number of nitrogens with zero attached hydrogens (tertiary/aromatic N) is 1. The number of amides is 1. The van der Waals surface area contributed by atoms with Gasteiger partial charge in [-0.15, -0.1) is 11.3 Å². The number of thiophene rings is 1. The highest BCUT2D eigenvalue weighted by molar-refractivity contribution is 7.13. The van der Waals surface area contributed by atoms with E-state index in [1.165, 1.54) is 0 Å². The standard InChI is InChI=1S/C19H15N3OS/c23-19(15-12-21-16-5-2-1-4-14(15)16)22-11-13-7-8-20-17(10-13)18-6-3-9-24-18/h1-10,12,21H,11H2,(H,22,23). The number of hydrogen-bond acceptors (Lipinski definition) is 3. The lowest BCUT2D eigenvalue weighted by Gasteiger charge is -2.06. The molecule has 0 spiro atoms. The molecule has 1 aromatic carbocycles. The SMILES string of the molecule is O=C(NCc1ccnc(-c2cccs2)c1)c1c[nH]c2ccccc12. The van der Waals surface area contributed by atoms with Gasteiger partial charge in [-0.25, -0.2) is 0 Å². The molecule has 0 radical (unpaired) electrons. The highest BCUT2D eigenvalue weighted by Crippen LogP contribution is 2.23. The number of fused-ring (bicyclic) bond motifs is 1. The monoisotopic (exact) mass is 333 g/mol. The topological polar surface area (TPSA) is 57.8 Å². The van der Waals surface area contributed by atoms with Crippen molar-refractivity contribution in [1.29, 1.82) is 0 Å². The maximum atomic E-state index is 12.5. The summed E-state index contributed by atoms with van der Waals surface area (Å²) in [6, 6.07) is 15.8. The molecule has 0 aliphatic heterocycles. The van der Waals surface area contributed by atoms with Crippen LogP contribution in [0.15, 0.2) is 66.3 Å². The predicted octanol–water partition coefficient (Wildman–Crippen LogP) is 4.22. The molecule has 0 fully saturated rings. The Morgan fingerprint density at radius 2 is 2.08 bits per heavy atom. The zero-order chi connectivity index (χ0) is 16.4. The molecule has 24 heavy (non-hydrogen) atoms. The van der Waals surface area contributed by atoms with Crippen LogP contribution in [0.4, 0.5) is 0 Å². The minimum atomic E-state index is -0.0815. The van der Waals surface area contributed by atoms with Crippen molar-refractivity contribution < 1.29 is 4.79 Å². The summed E-state index contributed by atoms with van der Waals surface area (Å²) >= 11 is 1.65. The summed E-state index contributed by atoms with van der Waals surface area (Å²) in [5.41, 5.74) is 3.59. The normalized spacial score (nSPS) is 10.8. The fraction of sp³-hybridized carbons (Fsp3) is 0.0526. The Morgan fingerprint density at radius 1 is 1.17 bits per heavy atom. The van der Waals surface area contributed by atoms with Gasteiger partial charge in [0.25, 0.3) is 5.91 Å². The third kappa shape index (κ3) is 2.81. The summed E-state index contributed by atoms with van der Waals surface area (Å²) in [4.78, 5) is 21.1. The van der Waals surface area contributed by atoms with Gasteiger partial charge in [0.1, 0.15) is 0 Å². The second kappa shape index (κ2) is 6.29.